The van der Waals surface area contributed by atoms with Gasteiger partial charge in [0.15, 0.2) is 12.1 Å². The van der Waals surface area contributed by atoms with Crippen molar-refractivity contribution in [1.82, 2.24) is 20.2 Å². The molecule has 0 spiro atoms. The number of carbonyl (C=O) groups excluding carboxylic acids is 3. The van der Waals surface area contributed by atoms with Gasteiger partial charge in [-0.1, -0.05) is 24.3 Å². The van der Waals surface area contributed by atoms with Crippen molar-refractivity contribution in [2.45, 2.75) is 40.3 Å². The van der Waals surface area contributed by atoms with Gasteiger partial charge in [-0.05, 0) is 43.9 Å². The Bertz CT molecular complexity index is 1100. The summed E-state index contributed by atoms with van der Waals surface area (Å²) in [5.41, 5.74) is 4.19. The van der Waals surface area contributed by atoms with Gasteiger partial charge >= 0.3 is 0 Å². The van der Waals surface area contributed by atoms with Crippen LogP contribution >= 0.6 is 0 Å². The Morgan fingerprint density at radius 1 is 1.27 bits per heavy atom. The van der Waals surface area contributed by atoms with E-state index in [4.69, 9.17) is 0 Å². The van der Waals surface area contributed by atoms with Crippen LogP contribution in [0.4, 0.5) is 0 Å². The summed E-state index contributed by atoms with van der Waals surface area (Å²) >= 11 is 0. The van der Waals surface area contributed by atoms with Gasteiger partial charge in [-0.15, -0.1) is 0 Å². The van der Waals surface area contributed by atoms with Gasteiger partial charge in [0.25, 0.3) is 11.5 Å². The smallest absolute Gasteiger partial charge is 0.287 e. The van der Waals surface area contributed by atoms with Crippen LogP contribution in [-0.2, 0) is 29.1 Å². The number of aldehydes is 1. The number of ketones is 1. The highest BCUT2D eigenvalue weighted by Gasteiger charge is 2.22. The number of amides is 1. The van der Waals surface area contributed by atoms with E-state index < -0.39 is 11.7 Å². The van der Waals surface area contributed by atoms with Gasteiger partial charge in [0.05, 0.1) is 5.70 Å². The quantitative estimate of drug-likeness (QED) is 0.424. The lowest BCUT2D eigenvalue weighted by molar-refractivity contribution is -0.128. The molecule has 0 unspecified atom stereocenters. The van der Waals surface area contributed by atoms with Crippen molar-refractivity contribution in [1.29, 1.82) is 0 Å². The van der Waals surface area contributed by atoms with Crippen molar-refractivity contribution < 1.29 is 14.4 Å². The second-order valence-corrected chi connectivity index (χ2v) is 7.24. The first-order valence-electron chi connectivity index (χ1n) is 9.71. The lowest BCUT2D eigenvalue weighted by Crippen LogP contribution is -2.33. The molecule has 2 aromatic rings. The normalized spacial score (nSPS) is 13.6. The number of carbonyl (C=O) groups is 3. The molecule has 1 amide bonds. The first-order chi connectivity index (χ1) is 14.3. The molecule has 0 bridgehead atoms. The lowest BCUT2D eigenvalue weighted by Gasteiger charge is -2.31. The van der Waals surface area contributed by atoms with Gasteiger partial charge in [0, 0.05) is 30.9 Å². The van der Waals surface area contributed by atoms with Gasteiger partial charge in [0.1, 0.15) is 0 Å². The zero-order valence-corrected chi connectivity index (χ0v) is 17.2. The summed E-state index contributed by atoms with van der Waals surface area (Å²) < 4.78 is 0. The van der Waals surface area contributed by atoms with Crippen molar-refractivity contribution in [3.63, 3.8) is 0 Å². The molecule has 0 atom stereocenters. The number of aryl methyl sites for hydroxylation is 1. The van der Waals surface area contributed by atoms with Gasteiger partial charge in [-0.2, -0.15) is 0 Å². The number of benzene rings is 1. The second kappa shape index (κ2) is 8.86. The van der Waals surface area contributed by atoms with Gasteiger partial charge in [-0.3, -0.25) is 19.2 Å². The van der Waals surface area contributed by atoms with E-state index in [-0.39, 0.29) is 17.9 Å². The Morgan fingerprint density at radius 2 is 2.03 bits per heavy atom. The average Bonchev–Trinajstić information content (AvgIpc) is 2.75. The van der Waals surface area contributed by atoms with Crippen molar-refractivity contribution in [2.75, 3.05) is 6.54 Å². The number of rotatable bonds is 6. The van der Waals surface area contributed by atoms with E-state index in [9.17, 15) is 19.2 Å². The molecule has 1 aromatic heterocycles. The molecule has 156 valence electrons. The maximum Gasteiger partial charge on any atom is 0.287 e. The van der Waals surface area contributed by atoms with E-state index >= 15 is 0 Å². The van der Waals surface area contributed by atoms with E-state index in [2.05, 4.69) is 15.3 Å². The third kappa shape index (κ3) is 4.37. The molecule has 0 aliphatic carbocycles. The number of nitrogens with one attached hydrogen (secondary N) is 2. The second-order valence-electron chi connectivity index (χ2n) is 7.24. The molecule has 8 nitrogen and oxygen atoms in total. The number of H-pyrrole nitrogens is 1. The molecule has 2 N–H and O–H groups in total. The molecule has 2 heterocycles. The van der Waals surface area contributed by atoms with Crippen LogP contribution in [0.2, 0.25) is 0 Å². The molecule has 8 heteroatoms. The molecule has 1 aliphatic heterocycles. The summed E-state index contributed by atoms with van der Waals surface area (Å²) in [4.78, 5) is 55.5. The molecule has 1 aliphatic rings. The number of aromatic nitrogens is 2. The highest BCUT2D eigenvalue weighted by molar-refractivity contribution is 6.32. The number of allylic oxidation sites excluding steroid dienone is 2. The monoisotopic (exact) mass is 408 g/mol. The van der Waals surface area contributed by atoms with Gasteiger partial charge in [0.2, 0.25) is 5.78 Å². The summed E-state index contributed by atoms with van der Waals surface area (Å²) in [6, 6.07) is 5.94. The summed E-state index contributed by atoms with van der Waals surface area (Å²) in [5.74, 6) is -1.00. The molecular formula is C22H24N4O4. The van der Waals surface area contributed by atoms with Crippen LogP contribution in [0, 0.1) is 13.8 Å². The minimum Gasteiger partial charge on any atom is -0.364 e. The Balaban J connectivity index is 1.72. The zero-order valence-electron chi connectivity index (χ0n) is 17.2. The summed E-state index contributed by atoms with van der Waals surface area (Å²) in [5, 5.41) is 2.77. The fourth-order valence-corrected chi connectivity index (χ4v) is 3.49. The van der Waals surface area contributed by atoms with Crippen LogP contribution in [0.15, 0.2) is 34.8 Å². The molecule has 1 aromatic carbocycles. The topological polar surface area (TPSA) is 112 Å². The molecule has 0 fully saturated rings. The average molecular weight is 408 g/mol. The number of fused-ring (bicyclic) bond motifs is 1. The maximum absolute atomic E-state index is 12.4. The Kier molecular flexibility index (Phi) is 6.25. The number of Topliss-reactive ketones (excluding diaryl/α,β-unsaturated/α-hetero) is 1. The molecule has 3 rings (SSSR count). The first kappa shape index (κ1) is 21.2. The minimum atomic E-state index is -0.528. The predicted molar refractivity (Wildman–Crippen MR) is 111 cm³/mol. The number of hydrogen-bond acceptors (Lipinski definition) is 6. The van der Waals surface area contributed by atoms with E-state index in [0.29, 0.717) is 36.3 Å². The number of hydrogen-bond donors (Lipinski definition) is 2. The van der Waals surface area contributed by atoms with Crippen molar-refractivity contribution in [3.05, 3.63) is 74.1 Å². The largest absolute Gasteiger partial charge is 0.364 e. The van der Waals surface area contributed by atoms with Crippen LogP contribution in [0.1, 0.15) is 45.5 Å². The van der Waals surface area contributed by atoms with E-state index in [1.165, 1.54) is 5.56 Å². The SMILES string of the molecule is C/C=C(/C(=O)C=O)N1CCc2ccc(CNC(=O)c3nc(C)c(C)c(=O)[nH]3)cc2C1. The Hall–Kier alpha value is -3.55. The molecule has 0 radical (unpaired) electrons. The van der Waals surface area contributed by atoms with Gasteiger partial charge < -0.3 is 15.2 Å². The maximum atomic E-state index is 12.4. The standard InChI is InChI=1S/C22H24N4O4/c1-4-18(19(28)12-27)26-8-7-16-6-5-15(9-17(16)11-26)10-23-22(30)20-24-14(3)13(2)21(29)25-20/h4-6,9,12H,7-8,10-11H2,1-3H3,(H,23,30)(H,24,25,29)/b18-4-. The third-order valence-corrected chi connectivity index (χ3v) is 5.32. The van der Waals surface area contributed by atoms with Crippen molar-refractivity contribution in [2.24, 2.45) is 0 Å². The zero-order chi connectivity index (χ0) is 21.8. The van der Waals surface area contributed by atoms with Crippen LogP contribution < -0.4 is 10.9 Å². The summed E-state index contributed by atoms with van der Waals surface area (Å²) in [7, 11) is 0. The molecular weight excluding hydrogens is 384 g/mol. The van der Waals surface area contributed by atoms with Crippen LogP contribution in [0.3, 0.4) is 0 Å². The van der Waals surface area contributed by atoms with Crippen molar-refractivity contribution in [3.8, 4) is 0 Å². The van der Waals surface area contributed by atoms with Gasteiger partial charge in [-0.25, -0.2) is 4.98 Å². The summed E-state index contributed by atoms with van der Waals surface area (Å²) in [6.07, 6.45) is 2.75. The van der Waals surface area contributed by atoms with Crippen LogP contribution in [0.25, 0.3) is 0 Å². The molecule has 30 heavy (non-hydrogen) atoms. The third-order valence-electron chi connectivity index (χ3n) is 5.32. The highest BCUT2D eigenvalue weighted by atomic mass is 16.2. The lowest BCUT2D eigenvalue weighted by atomic mass is 9.96. The fraction of sp³-hybridized carbons (Fsp3) is 0.318. The molecule has 0 saturated heterocycles. The Labute approximate surface area is 174 Å². The Morgan fingerprint density at radius 3 is 2.70 bits per heavy atom. The van der Waals surface area contributed by atoms with E-state index in [1.54, 1.807) is 26.8 Å². The van der Waals surface area contributed by atoms with E-state index in [0.717, 1.165) is 17.5 Å². The fourth-order valence-electron chi connectivity index (χ4n) is 3.49. The number of nitrogens with zero attached hydrogens (tertiary/aromatic N) is 2. The van der Waals surface area contributed by atoms with E-state index in [1.807, 2.05) is 23.1 Å². The van der Waals surface area contributed by atoms with Crippen LogP contribution in [0.5, 0.6) is 0 Å². The summed E-state index contributed by atoms with van der Waals surface area (Å²) in [6.45, 7) is 6.53. The molecule has 0 saturated carbocycles. The number of aromatic amines is 1. The first-order valence-corrected chi connectivity index (χ1v) is 9.71. The predicted octanol–water partition coefficient (Wildman–Crippen LogP) is 1.35. The minimum absolute atomic E-state index is 0.0164. The van der Waals surface area contributed by atoms with Crippen molar-refractivity contribution >= 4 is 18.0 Å². The highest BCUT2D eigenvalue weighted by Crippen LogP contribution is 2.23. The van der Waals surface area contributed by atoms with Crippen LogP contribution in [-0.4, -0.2) is 39.4 Å².